The van der Waals surface area contributed by atoms with Gasteiger partial charge in [0.05, 0.1) is 17.3 Å². The van der Waals surface area contributed by atoms with Crippen molar-refractivity contribution < 1.29 is 9.53 Å². The van der Waals surface area contributed by atoms with E-state index in [1.807, 2.05) is 38.1 Å². The van der Waals surface area contributed by atoms with Gasteiger partial charge in [0.1, 0.15) is 11.3 Å². The zero-order valence-electron chi connectivity index (χ0n) is 13.0. The number of hydrogen-bond donors (Lipinski definition) is 1. The number of para-hydroxylation sites is 1. The number of hydrogen-bond acceptors (Lipinski definition) is 4. The summed E-state index contributed by atoms with van der Waals surface area (Å²) in [5, 5.41) is 2.88. The molecule has 1 heterocycles. The molecule has 0 saturated heterocycles. The molecule has 0 unspecified atom stereocenters. The van der Waals surface area contributed by atoms with Crippen molar-refractivity contribution in [3.05, 3.63) is 60.4 Å². The maximum Gasteiger partial charge on any atom is 0.255 e. The molecule has 1 N–H and O–H groups in total. The number of aromatic nitrogens is 2. The van der Waals surface area contributed by atoms with Gasteiger partial charge in [0.2, 0.25) is 0 Å². The van der Waals surface area contributed by atoms with Crippen molar-refractivity contribution in [2.75, 3.05) is 5.32 Å². The normalized spacial score (nSPS) is 10.7. The highest BCUT2D eigenvalue weighted by Crippen LogP contribution is 2.21. The zero-order valence-corrected chi connectivity index (χ0v) is 13.0. The van der Waals surface area contributed by atoms with Crippen molar-refractivity contribution in [1.29, 1.82) is 0 Å². The van der Waals surface area contributed by atoms with Gasteiger partial charge in [-0.3, -0.25) is 14.8 Å². The molecule has 0 bridgehead atoms. The minimum atomic E-state index is -0.211. The fourth-order valence-electron chi connectivity index (χ4n) is 2.27. The van der Waals surface area contributed by atoms with Crippen LogP contribution in [0.3, 0.4) is 0 Å². The molecule has 0 aliphatic carbocycles. The SMILES string of the molecule is CC(C)Oc1cccc(C(=O)Nc2cccc3nccnc23)c1. The smallest absolute Gasteiger partial charge is 0.255 e. The Balaban J connectivity index is 1.86. The standard InChI is InChI=1S/C18H17N3O2/c1-12(2)23-14-6-3-5-13(11-14)18(22)21-16-8-4-7-15-17(16)20-10-9-19-15/h3-12H,1-2H3,(H,21,22). The topological polar surface area (TPSA) is 64.1 Å². The van der Waals surface area contributed by atoms with Crippen LogP contribution in [0.15, 0.2) is 54.9 Å². The van der Waals surface area contributed by atoms with Gasteiger partial charge in [-0.05, 0) is 44.2 Å². The molecule has 5 heteroatoms. The molecule has 0 atom stereocenters. The summed E-state index contributed by atoms with van der Waals surface area (Å²) in [5.41, 5.74) is 2.57. The number of fused-ring (bicyclic) bond motifs is 1. The number of carbonyl (C=O) groups excluding carboxylic acids is 1. The molecule has 3 aromatic rings. The maximum atomic E-state index is 12.5. The first-order valence-electron chi connectivity index (χ1n) is 7.41. The summed E-state index contributed by atoms with van der Waals surface area (Å²) in [6, 6.07) is 12.6. The van der Waals surface area contributed by atoms with Gasteiger partial charge in [0, 0.05) is 18.0 Å². The Labute approximate surface area is 134 Å². The molecule has 0 radical (unpaired) electrons. The van der Waals surface area contributed by atoms with Crippen LogP contribution in [-0.2, 0) is 0 Å². The number of benzene rings is 2. The first-order valence-corrected chi connectivity index (χ1v) is 7.41. The minimum Gasteiger partial charge on any atom is -0.491 e. The van der Waals surface area contributed by atoms with Crippen molar-refractivity contribution in [2.45, 2.75) is 20.0 Å². The number of carbonyl (C=O) groups is 1. The van der Waals surface area contributed by atoms with Crippen LogP contribution in [0.2, 0.25) is 0 Å². The van der Waals surface area contributed by atoms with Crippen LogP contribution in [0.5, 0.6) is 5.75 Å². The van der Waals surface area contributed by atoms with Crippen molar-refractivity contribution in [3.8, 4) is 5.75 Å². The Hall–Kier alpha value is -2.95. The van der Waals surface area contributed by atoms with Crippen molar-refractivity contribution in [2.24, 2.45) is 0 Å². The van der Waals surface area contributed by atoms with Crippen molar-refractivity contribution in [3.63, 3.8) is 0 Å². The van der Waals surface area contributed by atoms with E-state index < -0.39 is 0 Å². The summed E-state index contributed by atoms with van der Waals surface area (Å²) >= 11 is 0. The zero-order chi connectivity index (χ0) is 16.2. The third-order valence-electron chi connectivity index (χ3n) is 3.21. The molecule has 116 valence electrons. The van der Waals surface area contributed by atoms with E-state index in [2.05, 4.69) is 15.3 Å². The molecule has 5 nitrogen and oxygen atoms in total. The van der Waals surface area contributed by atoms with Gasteiger partial charge in [-0.15, -0.1) is 0 Å². The molecule has 0 spiro atoms. The van der Waals surface area contributed by atoms with E-state index in [-0.39, 0.29) is 12.0 Å². The Kier molecular flexibility index (Phi) is 4.19. The monoisotopic (exact) mass is 307 g/mol. The second kappa shape index (κ2) is 6.44. The van der Waals surface area contributed by atoms with E-state index in [1.165, 1.54) is 0 Å². The lowest BCUT2D eigenvalue weighted by atomic mass is 10.2. The van der Waals surface area contributed by atoms with Crippen molar-refractivity contribution >= 4 is 22.6 Å². The molecule has 0 saturated carbocycles. The van der Waals surface area contributed by atoms with Gasteiger partial charge >= 0.3 is 0 Å². The van der Waals surface area contributed by atoms with Gasteiger partial charge in [0.25, 0.3) is 5.91 Å². The fraction of sp³-hybridized carbons (Fsp3) is 0.167. The summed E-state index contributed by atoms with van der Waals surface area (Å²) in [7, 11) is 0. The minimum absolute atomic E-state index is 0.0571. The average Bonchev–Trinajstić information content (AvgIpc) is 2.55. The lowest BCUT2D eigenvalue weighted by Gasteiger charge is -2.11. The van der Waals surface area contributed by atoms with Gasteiger partial charge < -0.3 is 10.1 Å². The van der Waals surface area contributed by atoms with Crippen LogP contribution < -0.4 is 10.1 Å². The molecule has 3 rings (SSSR count). The van der Waals surface area contributed by atoms with Gasteiger partial charge in [-0.25, -0.2) is 0 Å². The maximum absolute atomic E-state index is 12.5. The first kappa shape index (κ1) is 15.0. The fourth-order valence-corrected chi connectivity index (χ4v) is 2.27. The lowest BCUT2D eigenvalue weighted by molar-refractivity contribution is 0.102. The van der Waals surface area contributed by atoms with E-state index in [4.69, 9.17) is 4.74 Å². The molecule has 0 aliphatic heterocycles. The number of anilines is 1. The number of nitrogens with zero attached hydrogens (tertiary/aromatic N) is 2. The third kappa shape index (κ3) is 3.45. The summed E-state index contributed by atoms with van der Waals surface area (Å²) in [6.07, 6.45) is 3.29. The highest BCUT2D eigenvalue weighted by molar-refractivity contribution is 6.08. The highest BCUT2D eigenvalue weighted by Gasteiger charge is 2.10. The second-order valence-corrected chi connectivity index (χ2v) is 5.38. The molecule has 1 amide bonds. The van der Waals surface area contributed by atoms with Crippen LogP contribution in [0.1, 0.15) is 24.2 Å². The van der Waals surface area contributed by atoms with Crippen molar-refractivity contribution in [1.82, 2.24) is 9.97 Å². The van der Waals surface area contributed by atoms with Crippen LogP contribution in [0.4, 0.5) is 5.69 Å². The van der Waals surface area contributed by atoms with Crippen LogP contribution >= 0.6 is 0 Å². The summed E-state index contributed by atoms with van der Waals surface area (Å²) in [4.78, 5) is 21.0. The van der Waals surface area contributed by atoms with Gasteiger partial charge in [-0.2, -0.15) is 0 Å². The molecule has 23 heavy (non-hydrogen) atoms. The third-order valence-corrected chi connectivity index (χ3v) is 3.21. The largest absolute Gasteiger partial charge is 0.491 e. The van der Waals surface area contributed by atoms with Gasteiger partial charge in [-0.1, -0.05) is 12.1 Å². The predicted octanol–water partition coefficient (Wildman–Crippen LogP) is 3.67. The van der Waals surface area contributed by atoms with E-state index in [1.54, 1.807) is 30.6 Å². The predicted molar refractivity (Wildman–Crippen MR) is 89.7 cm³/mol. The average molecular weight is 307 g/mol. The number of nitrogens with one attached hydrogen (secondary N) is 1. The van der Waals surface area contributed by atoms with Gasteiger partial charge in [0.15, 0.2) is 0 Å². The van der Waals surface area contributed by atoms with Crippen LogP contribution in [-0.4, -0.2) is 22.0 Å². The molecular formula is C18H17N3O2. The Morgan fingerprint density at radius 3 is 2.70 bits per heavy atom. The van der Waals surface area contributed by atoms with E-state index in [0.717, 1.165) is 5.52 Å². The summed E-state index contributed by atoms with van der Waals surface area (Å²) in [5.74, 6) is 0.461. The van der Waals surface area contributed by atoms with Crippen LogP contribution in [0.25, 0.3) is 11.0 Å². The Morgan fingerprint density at radius 2 is 1.87 bits per heavy atom. The molecule has 0 aliphatic rings. The van der Waals surface area contributed by atoms with E-state index >= 15 is 0 Å². The molecular weight excluding hydrogens is 290 g/mol. The quantitative estimate of drug-likeness (QED) is 0.798. The second-order valence-electron chi connectivity index (χ2n) is 5.38. The van der Waals surface area contributed by atoms with Crippen LogP contribution in [0, 0.1) is 0 Å². The number of rotatable bonds is 4. The number of ether oxygens (including phenoxy) is 1. The molecule has 1 aromatic heterocycles. The molecule has 2 aromatic carbocycles. The molecule has 0 fully saturated rings. The Bertz CT molecular complexity index is 841. The lowest BCUT2D eigenvalue weighted by Crippen LogP contribution is -2.13. The summed E-state index contributed by atoms with van der Waals surface area (Å²) < 4.78 is 5.62. The Morgan fingerprint density at radius 1 is 1.09 bits per heavy atom. The van der Waals surface area contributed by atoms with E-state index in [0.29, 0.717) is 22.5 Å². The highest BCUT2D eigenvalue weighted by atomic mass is 16.5. The number of amides is 1. The first-order chi connectivity index (χ1) is 11.1. The summed E-state index contributed by atoms with van der Waals surface area (Å²) in [6.45, 7) is 3.89. The van der Waals surface area contributed by atoms with E-state index in [9.17, 15) is 4.79 Å².